The summed E-state index contributed by atoms with van der Waals surface area (Å²) in [4.78, 5) is 23.8. The summed E-state index contributed by atoms with van der Waals surface area (Å²) in [5.74, 6) is -0.0463. The van der Waals surface area contributed by atoms with Gasteiger partial charge in [0.05, 0.1) is 12.3 Å². The predicted molar refractivity (Wildman–Crippen MR) is 75.5 cm³/mol. The van der Waals surface area contributed by atoms with Gasteiger partial charge < -0.3 is 19.9 Å². The van der Waals surface area contributed by atoms with Gasteiger partial charge in [0.1, 0.15) is 5.69 Å². The Labute approximate surface area is 118 Å². The minimum absolute atomic E-state index is 0.0162. The fourth-order valence-electron chi connectivity index (χ4n) is 2.18. The van der Waals surface area contributed by atoms with Gasteiger partial charge in [-0.3, -0.25) is 4.79 Å². The number of hydrogen-bond donors (Lipinski definition) is 2. The summed E-state index contributed by atoms with van der Waals surface area (Å²) < 4.78 is 6.61. The largest absolute Gasteiger partial charge is 0.461 e. The van der Waals surface area contributed by atoms with E-state index in [1.165, 1.54) is 0 Å². The van der Waals surface area contributed by atoms with Crippen LogP contribution in [-0.2, 0) is 16.6 Å². The van der Waals surface area contributed by atoms with Crippen molar-refractivity contribution in [3.8, 4) is 0 Å². The lowest BCUT2D eigenvalue weighted by Gasteiger charge is -2.31. The van der Waals surface area contributed by atoms with E-state index in [4.69, 9.17) is 4.74 Å². The molecule has 1 aromatic heterocycles. The molecule has 6 heteroatoms. The van der Waals surface area contributed by atoms with Crippen molar-refractivity contribution in [1.82, 2.24) is 9.88 Å². The average Bonchev–Trinajstić information content (AvgIpc) is 2.68. The van der Waals surface area contributed by atoms with Gasteiger partial charge in [0, 0.05) is 19.2 Å². The second-order valence-electron chi connectivity index (χ2n) is 5.14. The van der Waals surface area contributed by atoms with Crippen LogP contribution in [0.3, 0.4) is 0 Å². The molecular formula is C14H21N3O3. The maximum atomic E-state index is 12.1. The highest BCUT2D eigenvalue weighted by atomic mass is 16.5. The molecule has 1 unspecified atom stereocenters. The summed E-state index contributed by atoms with van der Waals surface area (Å²) in [7, 11) is 1.75. The van der Waals surface area contributed by atoms with E-state index >= 15 is 0 Å². The number of nitrogens with one attached hydrogen (secondary N) is 2. The molecule has 0 aromatic carbocycles. The van der Waals surface area contributed by atoms with Crippen LogP contribution in [0.5, 0.6) is 0 Å². The number of hydrogen-bond acceptors (Lipinski definition) is 4. The molecule has 1 aromatic rings. The molecule has 1 aliphatic heterocycles. The number of amides is 1. The molecular weight excluding hydrogens is 258 g/mol. The Hall–Kier alpha value is -1.82. The van der Waals surface area contributed by atoms with E-state index in [0.717, 1.165) is 13.1 Å². The zero-order valence-corrected chi connectivity index (χ0v) is 12.1. The van der Waals surface area contributed by atoms with Crippen LogP contribution in [0, 0.1) is 11.8 Å². The Kier molecular flexibility index (Phi) is 4.44. The van der Waals surface area contributed by atoms with Crippen LogP contribution in [0.25, 0.3) is 0 Å². The van der Waals surface area contributed by atoms with Crippen molar-refractivity contribution in [1.29, 1.82) is 0 Å². The number of anilines is 1. The van der Waals surface area contributed by atoms with Gasteiger partial charge in [-0.1, -0.05) is 6.92 Å². The molecule has 0 spiro atoms. The second-order valence-corrected chi connectivity index (χ2v) is 5.14. The van der Waals surface area contributed by atoms with E-state index in [2.05, 4.69) is 10.6 Å². The number of esters is 1. The standard InChI is InChI=1S/C14H21N3O3/c1-4-20-14(19)12-5-11(8-17(12)3)16-13(18)9(2)10-6-15-7-10/h5,8-10,15H,4,6-7H2,1-3H3,(H,16,18). The van der Waals surface area contributed by atoms with Crippen molar-refractivity contribution in [2.75, 3.05) is 25.0 Å². The van der Waals surface area contributed by atoms with E-state index in [1.54, 1.807) is 30.8 Å². The molecule has 20 heavy (non-hydrogen) atoms. The maximum Gasteiger partial charge on any atom is 0.355 e. The summed E-state index contributed by atoms with van der Waals surface area (Å²) in [6.07, 6.45) is 1.72. The summed E-state index contributed by atoms with van der Waals surface area (Å²) >= 11 is 0. The summed E-state index contributed by atoms with van der Waals surface area (Å²) in [5, 5.41) is 6.01. The summed E-state index contributed by atoms with van der Waals surface area (Å²) in [5.41, 5.74) is 1.06. The van der Waals surface area contributed by atoms with Gasteiger partial charge in [0.2, 0.25) is 5.91 Å². The molecule has 1 amide bonds. The van der Waals surface area contributed by atoms with Crippen LogP contribution in [0.2, 0.25) is 0 Å². The number of aromatic nitrogens is 1. The predicted octanol–water partition coefficient (Wildman–Crippen LogP) is 0.996. The molecule has 1 fully saturated rings. The zero-order chi connectivity index (χ0) is 14.7. The van der Waals surface area contributed by atoms with E-state index in [0.29, 0.717) is 23.9 Å². The Balaban J connectivity index is 2.00. The van der Waals surface area contributed by atoms with Crippen LogP contribution in [-0.4, -0.2) is 36.1 Å². The number of carbonyl (C=O) groups excluding carboxylic acids is 2. The maximum absolute atomic E-state index is 12.1. The van der Waals surface area contributed by atoms with Gasteiger partial charge in [0.15, 0.2) is 0 Å². The summed E-state index contributed by atoms with van der Waals surface area (Å²) in [6, 6.07) is 1.64. The normalized spacial score (nSPS) is 16.4. The highest BCUT2D eigenvalue weighted by molar-refractivity contribution is 5.95. The molecule has 1 aliphatic rings. The minimum atomic E-state index is -0.383. The Morgan fingerprint density at radius 1 is 1.55 bits per heavy atom. The van der Waals surface area contributed by atoms with E-state index < -0.39 is 0 Å². The van der Waals surface area contributed by atoms with Crippen molar-refractivity contribution < 1.29 is 14.3 Å². The van der Waals surface area contributed by atoms with Crippen LogP contribution in [0.15, 0.2) is 12.3 Å². The number of ether oxygens (including phenoxy) is 1. The molecule has 0 aliphatic carbocycles. The molecule has 2 rings (SSSR count). The van der Waals surface area contributed by atoms with E-state index in [1.807, 2.05) is 6.92 Å². The minimum Gasteiger partial charge on any atom is -0.461 e. The highest BCUT2D eigenvalue weighted by Gasteiger charge is 2.29. The molecule has 1 atom stereocenters. The molecule has 1 saturated heterocycles. The van der Waals surface area contributed by atoms with Gasteiger partial charge in [-0.25, -0.2) is 4.79 Å². The van der Waals surface area contributed by atoms with Crippen LogP contribution in [0.4, 0.5) is 5.69 Å². The summed E-state index contributed by atoms with van der Waals surface area (Å²) in [6.45, 7) is 5.79. The van der Waals surface area contributed by atoms with Gasteiger partial charge >= 0.3 is 5.97 Å². The number of nitrogens with zero attached hydrogens (tertiary/aromatic N) is 1. The van der Waals surface area contributed by atoms with Gasteiger partial charge in [-0.05, 0) is 32.0 Å². The van der Waals surface area contributed by atoms with Crippen molar-refractivity contribution in [3.05, 3.63) is 18.0 Å². The smallest absolute Gasteiger partial charge is 0.355 e. The average molecular weight is 279 g/mol. The van der Waals surface area contributed by atoms with Crippen molar-refractivity contribution >= 4 is 17.6 Å². The van der Waals surface area contributed by atoms with Crippen molar-refractivity contribution in [2.45, 2.75) is 13.8 Å². The zero-order valence-electron chi connectivity index (χ0n) is 12.1. The molecule has 0 radical (unpaired) electrons. The third kappa shape index (κ3) is 3.01. The number of rotatable bonds is 5. The molecule has 0 bridgehead atoms. The van der Waals surface area contributed by atoms with Crippen LogP contribution < -0.4 is 10.6 Å². The first-order chi connectivity index (χ1) is 9.52. The highest BCUT2D eigenvalue weighted by Crippen LogP contribution is 2.20. The van der Waals surface area contributed by atoms with E-state index in [9.17, 15) is 9.59 Å². The number of carbonyl (C=O) groups is 2. The lowest BCUT2D eigenvalue weighted by molar-refractivity contribution is -0.121. The lowest BCUT2D eigenvalue weighted by Crippen LogP contribution is -2.48. The Bertz CT molecular complexity index is 506. The van der Waals surface area contributed by atoms with E-state index in [-0.39, 0.29) is 17.8 Å². The van der Waals surface area contributed by atoms with Crippen molar-refractivity contribution in [3.63, 3.8) is 0 Å². The third-order valence-corrected chi connectivity index (χ3v) is 3.69. The molecule has 2 N–H and O–H groups in total. The topological polar surface area (TPSA) is 72.4 Å². The molecule has 0 saturated carbocycles. The number of aryl methyl sites for hydroxylation is 1. The fourth-order valence-corrected chi connectivity index (χ4v) is 2.18. The first-order valence-electron chi connectivity index (χ1n) is 6.88. The first kappa shape index (κ1) is 14.6. The Morgan fingerprint density at radius 2 is 2.25 bits per heavy atom. The first-order valence-corrected chi connectivity index (χ1v) is 6.88. The molecule has 110 valence electrons. The van der Waals surface area contributed by atoms with Gasteiger partial charge in [0.25, 0.3) is 0 Å². The van der Waals surface area contributed by atoms with Gasteiger partial charge in [-0.2, -0.15) is 0 Å². The van der Waals surface area contributed by atoms with Gasteiger partial charge in [-0.15, -0.1) is 0 Å². The second kappa shape index (κ2) is 6.09. The molecule has 6 nitrogen and oxygen atoms in total. The SMILES string of the molecule is CCOC(=O)c1cc(NC(=O)C(C)C2CNC2)cn1C. The Morgan fingerprint density at radius 3 is 2.80 bits per heavy atom. The van der Waals surface area contributed by atoms with Crippen LogP contribution >= 0.6 is 0 Å². The van der Waals surface area contributed by atoms with Crippen LogP contribution in [0.1, 0.15) is 24.3 Å². The fraction of sp³-hybridized carbons (Fsp3) is 0.571. The van der Waals surface area contributed by atoms with Crippen molar-refractivity contribution in [2.24, 2.45) is 18.9 Å². The monoisotopic (exact) mass is 279 g/mol. The third-order valence-electron chi connectivity index (χ3n) is 3.69. The lowest BCUT2D eigenvalue weighted by atomic mass is 9.88. The molecule has 2 heterocycles. The quantitative estimate of drug-likeness (QED) is 0.789.